The Bertz CT molecular complexity index is 478. The van der Waals surface area contributed by atoms with Gasteiger partial charge in [0.15, 0.2) is 5.11 Å². The second kappa shape index (κ2) is 8.68. The molecule has 21 heavy (non-hydrogen) atoms. The SMILES string of the molecule is Cc1cc(Br)ccc1NC(=S)NCCC[NH+]1CCOCC1. The van der Waals surface area contributed by atoms with Gasteiger partial charge in [0.25, 0.3) is 0 Å². The zero-order valence-electron chi connectivity index (χ0n) is 12.4. The Morgan fingerprint density at radius 2 is 2.14 bits per heavy atom. The number of ether oxygens (including phenoxy) is 1. The number of benzene rings is 1. The summed E-state index contributed by atoms with van der Waals surface area (Å²) in [5.74, 6) is 0. The van der Waals surface area contributed by atoms with Crippen molar-refractivity contribution < 1.29 is 9.64 Å². The first-order valence-corrected chi connectivity index (χ1v) is 8.57. The highest BCUT2D eigenvalue weighted by atomic mass is 79.9. The molecule has 2 rings (SSSR count). The van der Waals surface area contributed by atoms with Crippen LogP contribution in [0.2, 0.25) is 0 Å². The van der Waals surface area contributed by atoms with Crippen molar-refractivity contribution in [2.75, 3.05) is 44.7 Å². The van der Waals surface area contributed by atoms with E-state index < -0.39 is 0 Å². The maximum absolute atomic E-state index is 5.36. The topological polar surface area (TPSA) is 37.7 Å². The number of quaternary nitrogens is 1. The fourth-order valence-electron chi connectivity index (χ4n) is 2.38. The Morgan fingerprint density at radius 3 is 2.86 bits per heavy atom. The molecule has 0 unspecified atom stereocenters. The number of hydrogen-bond donors (Lipinski definition) is 3. The highest BCUT2D eigenvalue weighted by Crippen LogP contribution is 2.19. The Labute approximate surface area is 140 Å². The van der Waals surface area contributed by atoms with Gasteiger partial charge in [-0.3, -0.25) is 0 Å². The fraction of sp³-hybridized carbons (Fsp3) is 0.533. The van der Waals surface area contributed by atoms with Crippen LogP contribution in [0.25, 0.3) is 0 Å². The number of anilines is 1. The van der Waals surface area contributed by atoms with Crippen molar-refractivity contribution in [3.8, 4) is 0 Å². The van der Waals surface area contributed by atoms with Gasteiger partial charge >= 0.3 is 0 Å². The maximum atomic E-state index is 5.36. The number of halogens is 1. The van der Waals surface area contributed by atoms with Crippen molar-refractivity contribution in [1.29, 1.82) is 0 Å². The second-order valence-electron chi connectivity index (χ2n) is 5.31. The molecular formula is C15H23BrN3OS+. The molecule has 1 saturated heterocycles. The summed E-state index contributed by atoms with van der Waals surface area (Å²) in [6, 6.07) is 6.12. The summed E-state index contributed by atoms with van der Waals surface area (Å²) in [5, 5.41) is 7.22. The van der Waals surface area contributed by atoms with Crippen LogP contribution in [-0.2, 0) is 4.74 Å². The molecule has 3 N–H and O–H groups in total. The van der Waals surface area contributed by atoms with Crippen LogP contribution in [0.1, 0.15) is 12.0 Å². The third-order valence-electron chi connectivity index (χ3n) is 3.63. The van der Waals surface area contributed by atoms with Crippen LogP contribution < -0.4 is 15.5 Å². The lowest BCUT2D eigenvalue weighted by Gasteiger charge is -2.23. The minimum Gasteiger partial charge on any atom is -0.370 e. The summed E-state index contributed by atoms with van der Waals surface area (Å²) < 4.78 is 6.44. The van der Waals surface area contributed by atoms with Gasteiger partial charge < -0.3 is 20.3 Å². The van der Waals surface area contributed by atoms with Gasteiger partial charge in [-0.25, -0.2) is 0 Å². The quantitative estimate of drug-likeness (QED) is 0.538. The van der Waals surface area contributed by atoms with Crippen molar-refractivity contribution in [1.82, 2.24) is 5.32 Å². The van der Waals surface area contributed by atoms with E-state index in [4.69, 9.17) is 17.0 Å². The van der Waals surface area contributed by atoms with E-state index in [1.54, 1.807) is 4.90 Å². The van der Waals surface area contributed by atoms with E-state index in [1.165, 1.54) is 12.1 Å². The minimum atomic E-state index is 0.692. The smallest absolute Gasteiger partial charge is 0.170 e. The summed E-state index contributed by atoms with van der Waals surface area (Å²) in [7, 11) is 0. The maximum Gasteiger partial charge on any atom is 0.170 e. The van der Waals surface area contributed by atoms with Crippen molar-refractivity contribution in [3.63, 3.8) is 0 Å². The number of hydrogen-bond acceptors (Lipinski definition) is 2. The van der Waals surface area contributed by atoms with Gasteiger partial charge in [-0.2, -0.15) is 0 Å². The van der Waals surface area contributed by atoms with Gasteiger partial charge in [0, 0.05) is 23.1 Å². The summed E-state index contributed by atoms with van der Waals surface area (Å²) in [4.78, 5) is 1.63. The average molecular weight is 373 g/mol. The first-order valence-electron chi connectivity index (χ1n) is 7.37. The lowest BCUT2D eigenvalue weighted by atomic mass is 10.2. The molecule has 4 nitrogen and oxygen atoms in total. The lowest BCUT2D eigenvalue weighted by molar-refractivity contribution is -0.908. The van der Waals surface area contributed by atoms with Gasteiger partial charge in [0.1, 0.15) is 13.1 Å². The molecule has 1 aliphatic heterocycles. The van der Waals surface area contributed by atoms with E-state index in [2.05, 4.69) is 39.6 Å². The summed E-state index contributed by atoms with van der Waals surface area (Å²) in [6.07, 6.45) is 1.12. The number of aryl methyl sites for hydroxylation is 1. The van der Waals surface area contributed by atoms with Crippen molar-refractivity contribution in [2.24, 2.45) is 0 Å². The minimum absolute atomic E-state index is 0.692. The van der Waals surface area contributed by atoms with E-state index in [0.29, 0.717) is 5.11 Å². The molecule has 0 atom stereocenters. The van der Waals surface area contributed by atoms with Crippen molar-refractivity contribution >= 4 is 38.9 Å². The number of rotatable bonds is 5. The highest BCUT2D eigenvalue weighted by molar-refractivity contribution is 9.10. The molecule has 1 fully saturated rings. The van der Waals surface area contributed by atoms with E-state index >= 15 is 0 Å². The predicted octanol–water partition coefficient (Wildman–Crippen LogP) is 1.35. The molecule has 6 heteroatoms. The normalized spacial score (nSPS) is 15.7. The van der Waals surface area contributed by atoms with E-state index in [-0.39, 0.29) is 0 Å². The molecule has 0 spiro atoms. The van der Waals surface area contributed by atoms with Crippen LogP contribution in [0.5, 0.6) is 0 Å². The molecule has 116 valence electrons. The number of thiocarbonyl (C=S) groups is 1. The third-order valence-corrected chi connectivity index (χ3v) is 4.37. The molecule has 1 aromatic rings. The Morgan fingerprint density at radius 1 is 1.38 bits per heavy atom. The molecular weight excluding hydrogens is 350 g/mol. The van der Waals surface area contributed by atoms with Crippen LogP contribution in [0.3, 0.4) is 0 Å². The van der Waals surface area contributed by atoms with Gasteiger partial charge in [-0.1, -0.05) is 15.9 Å². The summed E-state index contributed by atoms with van der Waals surface area (Å²) >= 11 is 8.80. The Balaban J connectivity index is 1.65. The lowest BCUT2D eigenvalue weighted by Crippen LogP contribution is -3.14. The molecule has 0 amide bonds. The fourth-order valence-corrected chi connectivity index (χ4v) is 3.07. The first kappa shape index (κ1) is 16.7. The molecule has 0 saturated carbocycles. The molecule has 0 bridgehead atoms. The predicted molar refractivity (Wildman–Crippen MR) is 94.1 cm³/mol. The highest BCUT2D eigenvalue weighted by Gasteiger charge is 2.12. The zero-order chi connectivity index (χ0) is 15.1. The molecule has 0 radical (unpaired) electrons. The molecule has 0 aromatic heterocycles. The van der Waals surface area contributed by atoms with Crippen LogP contribution in [0.15, 0.2) is 22.7 Å². The van der Waals surface area contributed by atoms with E-state index in [0.717, 1.165) is 49.4 Å². The van der Waals surface area contributed by atoms with Gasteiger partial charge in [0.05, 0.1) is 19.8 Å². The van der Waals surface area contributed by atoms with Gasteiger partial charge in [0.2, 0.25) is 0 Å². The van der Waals surface area contributed by atoms with Crippen LogP contribution >= 0.6 is 28.1 Å². The van der Waals surface area contributed by atoms with Crippen LogP contribution in [-0.4, -0.2) is 44.5 Å². The summed E-state index contributed by atoms with van der Waals surface area (Å²) in [6.45, 7) is 8.19. The van der Waals surface area contributed by atoms with Crippen LogP contribution in [0.4, 0.5) is 5.69 Å². The first-order chi connectivity index (χ1) is 10.1. The largest absolute Gasteiger partial charge is 0.370 e. The molecule has 1 aromatic carbocycles. The molecule has 1 aliphatic rings. The third kappa shape index (κ3) is 5.90. The zero-order valence-corrected chi connectivity index (χ0v) is 14.8. The van der Waals surface area contributed by atoms with Crippen molar-refractivity contribution in [2.45, 2.75) is 13.3 Å². The van der Waals surface area contributed by atoms with Crippen molar-refractivity contribution in [3.05, 3.63) is 28.2 Å². The van der Waals surface area contributed by atoms with Gasteiger partial charge in [-0.15, -0.1) is 0 Å². The standard InChI is InChI=1S/C15H22BrN3OS/c1-12-11-13(16)3-4-14(12)18-15(21)17-5-2-6-19-7-9-20-10-8-19/h3-4,11H,2,5-10H2,1H3,(H2,17,18,21)/p+1. The average Bonchev–Trinajstić information content (AvgIpc) is 2.48. The second-order valence-corrected chi connectivity index (χ2v) is 6.63. The molecule has 0 aliphatic carbocycles. The monoisotopic (exact) mass is 372 g/mol. The van der Waals surface area contributed by atoms with Crippen LogP contribution in [0, 0.1) is 6.92 Å². The summed E-state index contributed by atoms with van der Waals surface area (Å²) in [5.41, 5.74) is 2.22. The molecule has 1 heterocycles. The Hall–Kier alpha value is -0.690. The van der Waals surface area contributed by atoms with E-state index in [9.17, 15) is 0 Å². The Kier molecular flexibility index (Phi) is 6.89. The van der Waals surface area contributed by atoms with E-state index in [1.807, 2.05) is 12.1 Å². The van der Waals surface area contributed by atoms with Gasteiger partial charge in [-0.05, 0) is 42.9 Å². The number of morpholine rings is 1. The number of nitrogens with one attached hydrogen (secondary N) is 3.